The number of hydrogen-bond acceptors (Lipinski definition) is 1. The van der Waals surface area contributed by atoms with Crippen LogP contribution in [0.3, 0.4) is 0 Å². The van der Waals surface area contributed by atoms with Crippen LogP contribution in [0.2, 0.25) is 0 Å². The Morgan fingerprint density at radius 2 is 2.00 bits per heavy atom. The zero-order chi connectivity index (χ0) is 7.72. The summed E-state index contributed by atoms with van der Waals surface area (Å²) in [6, 6.07) is 0.529. The van der Waals surface area contributed by atoms with E-state index in [1.165, 1.54) is 0 Å². The monoisotopic (exact) mass is 138 g/mol. The molecule has 0 N–H and O–H groups in total. The van der Waals surface area contributed by atoms with Crippen molar-refractivity contribution in [1.29, 1.82) is 0 Å². The van der Waals surface area contributed by atoms with E-state index in [4.69, 9.17) is 0 Å². The first-order valence-electron chi connectivity index (χ1n) is 3.63. The van der Waals surface area contributed by atoms with Crippen molar-refractivity contribution in [2.75, 3.05) is 0 Å². The molecule has 0 aliphatic heterocycles. The van der Waals surface area contributed by atoms with E-state index in [1.807, 2.05) is 13.8 Å². The summed E-state index contributed by atoms with van der Waals surface area (Å²) in [4.78, 5) is 4.30. The van der Waals surface area contributed by atoms with Gasteiger partial charge in [-0.3, -0.25) is 0 Å². The topological polar surface area (TPSA) is 17.8 Å². The highest BCUT2D eigenvalue weighted by Crippen LogP contribution is 2.08. The van der Waals surface area contributed by atoms with Crippen LogP contribution >= 0.6 is 0 Å². The fourth-order valence-corrected chi connectivity index (χ4v) is 1.16. The van der Waals surface area contributed by atoms with Crippen molar-refractivity contribution in [2.24, 2.45) is 0 Å². The van der Waals surface area contributed by atoms with Gasteiger partial charge in [0.05, 0.1) is 5.69 Å². The van der Waals surface area contributed by atoms with E-state index in [-0.39, 0.29) is 0 Å². The molecule has 1 rings (SSSR count). The summed E-state index contributed by atoms with van der Waals surface area (Å²) in [5.41, 5.74) is 1.10. The van der Waals surface area contributed by atoms with Gasteiger partial charge in [-0.15, -0.1) is 0 Å². The smallest absolute Gasteiger partial charge is 0.106 e. The second-order valence-corrected chi connectivity index (χ2v) is 2.93. The molecule has 1 aromatic rings. The Kier molecular flexibility index (Phi) is 1.79. The Morgan fingerprint density at radius 1 is 1.40 bits per heavy atom. The number of nitrogens with zero attached hydrogens (tertiary/aromatic N) is 2. The lowest BCUT2D eigenvalue weighted by Crippen LogP contribution is -2.00. The van der Waals surface area contributed by atoms with Crippen LogP contribution in [0.4, 0.5) is 0 Å². The van der Waals surface area contributed by atoms with Crippen LogP contribution in [0.1, 0.15) is 31.4 Å². The molecule has 0 atom stereocenters. The molecule has 0 fully saturated rings. The van der Waals surface area contributed by atoms with Gasteiger partial charge < -0.3 is 4.57 Å². The summed E-state index contributed by atoms with van der Waals surface area (Å²) in [6.45, 7) is 8.38. The third-order valence-electron chi connectivity index (χ3n) is 1.59. The Bertz CT molecular complexity index is 223. The summed E-state index contributed by atoms with van der Waals surface area (Å²) in [7, 11) is 0. The van der Waals surface area contributed by atoms with Crippen molar-refractivity contribution >= 4 is 0 Å². The molecule has 0 saturated heterocycles. The predicted octanol–water partition coefficient (Wildman–Crippen LogP) is 2.08. The SMILES string of the molecule is Cc1cn(C(C)C)c(C)n1. The molecule has 0 bridgehead atoms. The summed E-state index contributed by atoms with van der Waals surface area (Å²) in [6.07, 6.45) is 2.08. The average molecular weight is 138 g/mol. The van der Waals surface area contributed by atoms with Crippen molar-refractivity contribution in [3.8, 4) is 0 Å². The highest BCUT2D eigenvalue weighted by Gasteiger charge is 2.01. The van der Waals surface area contributed by atoms with Crippen molar-refractivity contribution < 1.29 is 0 Å². The average Bonchev–Trinajstić information content (AvgIpc) is 2.10. The Labute approximate surface area is 61.9 Å². The van der Waals surface area contributed by atoms with Gasteiger partial charge in [0.15, 0.2) is 0 Å². The minimum atomic E-state index is 0.529. The van der Waals surface area contributed by atoms with Crippen LogP contribution in [0.5, 0.6) is 0 Å². The standard InChI is InChI=1S/C8H14N2/c1-6(2)10-5-7(3)9-8(10)4/h5-6H,1-4H3. The number of imidazole rings is 1. The maximum atomic E-state index is 4.30. The molecule has 1 heterocycles. The van der Waals surface area contributed by atoms with Crippen LogP contribution in [0.15, 0.2) is 6.20 Å². The van der Waals surface area contributed by atoms with Crippen molar-refractivity contribution in [2.45, 2.75) is 33.7 Å². The van der Waals surface area contributed by atoms with E-state index < -0.39 is 0 Å². The summed E-state index contributed by atoms with van der Waals surface area (Å²) < 4.78 is 2.18. The van der Waals surface area contributed by atoms with E-state index in [0.717, 1.165) is 11.5 Å². The first kappa shape index (κ1) is 7.32. The summed E-state index contributed by atoms with van der Waals surface area (Å²) in [5, 5.41) is 0. The van der Waals surface area contributed by atoms with Crippen LogP contribution in [0, 0.1) is 13.8 Å². The third kappa shape index (κ3) is 1.20. The van der Waals surface area contributed by atoms with Gasteiger partial charge in [0, 0.05) is 12.2 Å². The second-order valence-electron chi connectivity index (χ2n) is 2.93. The molecule has 0 saturated carbocycles. The van der Waals surface area contributed by atoms with Gasteiger partial charge in [-0.25, -0.2) is 4.98 Å². The minimum Gasteiger partial charge on any atom is -0.332 e. The highest BCUT2D eigenvalue weighted by molar-refractivity contribution is 5.01. The molecule has 0 spiro atoms. The first-order valence-corrected chi connectivity index (χ1v) is 3.63. The largest absolute Gasteiger partial charge is 0.332 e. The molecule has 1 aromatic heterocycles. The lowest BCUT2D eigenvalue weighted by molar-refractivity contribution is 0.582. The number of rotatable bonds is 1. The molecule has 0 aliphatic carbocycles. The van der Waals surface area contributed by atoms with Gasteiger partial charge in [0.25, 0.3) is 0 Å². The molecule has 10 heavy (non-hydrogen) atoms. The molecular formula is C8H14N2. The van der Waals surface area contributed by atoms with Gasteiger partial charge in [-0.05, 0) is 27.7 Å². The van der Waals surface area contributed by atoms with E-state index in [2.05, 4.69) is 29.6 Å². The molecule has 2 heteroatoms. The van der Waals surface area contributed by atoms with Crippen molar-refractivity contribution in [3.63, 3.8) is 0 Å². The van der Waals surface area contributed by atoms with Gasteiger partial charge >= 0.3 is 0 Å². The zero-order valence-electron chi connectivity index (χ0n) is 7.05. The molecule has 0 unspecified atom stereocenters. The van der Waals surface area contributed by atoms with E-state index in [0.29, 0.717) is 6.04 Å². The molecule has 0 amide bonds. The molecule has 0 aliphatic rings. The van der Waals surface area contributed by atoms with E-state index >= 15 is 0 Å². The maximum Gasteiger partial charge on any atom is 0.106 e. The van der Waals surface area contributed by atoms with Crippen LogP contribution in [0.25, 0.3) is 0 Å². The lowest BCUT2D eigenvalue weighted by atomic mass is 10.4. The first-order chi connectivity index (χ1) is 4.61. The Morgan fingerprint density at radius 3 is 2.20 bits per heavy atom. The number of hydrogen-bond donors (Lipinski definition) is 0. The fraction of sp³-hybridized carbons (Fsp3) is 0.625. The predicted molar refractivity (Wildman–Crippen MR) is 42.1 cm³/mol. The maximum absolute atomic E-state index is 4.30. The number of aromatic nitrogens is 2. The molecular weight excluding hydrogens is 124 g/mol. The summed E-state index contributed by atoms with van der Waals surface area (Å²) in [5.74, 6) is 1.10. The van der Waals surface area contributed by atoms with Crippen LogP contribution in [-0.2, 0) is 0 Å². The van der Waals surface area contributed by atoms with Gasteiger partial charge in [-0.1, -0.05) is 0 Å². The van der Waals surface area contributed by atoms with Crippen LogP contribution in [-0.4, -0.2) is 9.55 Å². The Balaban J connectivity index is 3.03. The Hall–Kier alpha value is -0.790. The fourth-order valence-electron chi connectivity index (χ4n) is 1.16. The van der Waals surface area contributed by atoms with Crippen molar-refractivity contribution in [3.05, 3.63) is 17.7 Å². The van der Waals surface area contributed by atoms with E-state index in [9.17, 15) is 0 Å². The highest BCUT2D eigenvalue weighted by atomic mass is 15.1. The molecule has 56 valence electrons. The van der Waals surface area contributed by atoms with Gasteiger partial charge in [-0.2, -0.15) is 0 Å². The zero-order valence-corrected chi connectivity index (χ0v) is 7.05. The van der Waals surface area contributed by atoms with Crippen LogP contribution < -0.4 is 0 Å². The third-order valence-corrected chi connectivity index (χ3v) is 1.59. The normalized spacial score (nSPS) is 10.9. The van der Waals surface area contributed by atoms with E-state index in [1.54, 1.807) is 0 Å². The number of aryl methyl sites for hydroxylation is 2. The molecule has 0 radical (unpaired) electrons. The quantitative estimate of drug-likeness (QED) is 0.581. The second kappa shape index (κ2) is 2.45. The van der Waals surface area contributed by atoms with Crippen molar-refractivity contribution in [1.82, 2.24) is 9.55 Å². The summed E-state index contributed by atoms with van der Waals surface area (Å²) >= 11 is 0. The van der Waals surface area contributed by atoms with Gasteiger partial charge in [0.2, 0.25) is 0 Å². The lowest BCUT2D eigenvalue weighted by Gasteiger charge is -2.07. The molecule has 0 aromatic carbocycles. The van der Waals surface area contributed by atoms with Gasteiger partial charge in [0.1, 0.15) is 5.82 Å². The minimum absolute atomic E-state index is 0.529. The molecule has 2 nitrogen and oxygen atoms in total.